The van der Waals surface area contributed by atoms with E-state index in [9.17, 15) is 65.4 Å². The molecular formula is C60H86O27. The highest BCUT2D eigenvalue weighted by Crippen LogP contribution is 2.48. The minimum atomic E-state index is -1.97. The van der Waals surface area contributed by atoms with Crippen molar-refractivity contribution >= 4 is 34.3 Å². The second kappa shape index (κ2) is 28.7. The summed E-state index contributed by atoms with van der Waals surface area (Å²) in [7, 11) is 1.17. The van der Waals surface area contributed by atoms with E-state index in [1.807, 2.05) is 0 Å². The minimum absolute atomic E-state index is 0.0303. The van der Waals surface area contributed by atoms with Crippen LogP contribution in [0.4, 0.5) is 0 Å². The first kappa shape index (κ1) is 68.3. The maximum atomic E-state index is 15.1. The Bertz CT molecular complexity index is 2740. The number of rotatable bonds is 22. The van der Waals surface area contributed by atoms with Gasteiger partial charge in [0, 0.05) is 63.5 Å². The fourth-order valence-electron chi connectivity index (χ4n) is 12.4. The van der Waals surface area contributed by atoms with Gasteiger partial charge in [-0.15, -0.1) is 0 Å². The van der Waals surface area contributed by atoms with Gasteiger partial charge in [0.2, 0.25) is 6.29 Å². The Morgan fingerprint density at radius 3 is 1.71 bits per heavy atom. The summed E-state index contributed by atoms with van der Waals surface area (Å²) in [6, 6.07) is 3.00. The Hall–Kier alpha value is -4.60. The molecule has 2 aromatic carbocycles. The van der Waals surface area contributed by atoms with Gasteiger partial charge < -0.3 is 113 Å². The molecule has 5 heterocycles. The van der Waals surface area contributed by atoms with Crippen molar-refractivity contribution in [1.82, 2.24) is 0 Å². The zero-order valence-electron chi connectivity index (χ0n) is 50.3. The van der Waals surface area contributed by atoms with E-state index in [1.165, 1.54) is 46.9 Å². The van der Waals surface area contributed by atoms with Crippen LogP contribution in [-0.2, 0) is 77.6 Å². The first-order chi connectivity index (χ1) is 41.0. The van der Waals surface area contributed by atoms with Crippen LogP contribution >= 0.6 is 0 Å². The smallest absolute Gasteiger partial charge is 0.310 e. The number of ketones is 2. The predicted molar refractivity (Wildman–Crippen MR) is 297 cm³/mol. The number of esters is 2. The molecule has 0 radical (unpaired) electrons. The number of benzene rings is 2. The molecule has 10 N–H and O–H groups in total. The predicted octanol–water partition coefficient (Wildman–Crippen LogP) is 1.55. The van der Waals surface area contributed by atoms with Crippen molar-refractivity contribution in [2.45, 2.75) is 267 Å². The third-order valence-electron chi connectivity index (χ3n) is 17.4. The van der Waals surface area contributed by atoms with Gasteiger partial charge in [0.15, 0.2) is 36.7 Å². The number of Topliss-reactive ketones (excluding diaryl/α,β-unsaturated/α-hetero) is 2. The lowest BCUT2D eigenvalue weighted by atomic mass is 9.75. The molecule has 25 atom stereocenters. The van der Waals surface area contributed by atoms with Crippen LogP contribution in [0.25, 0.3) is 10.8 Å². The Labute approximate surface area is 503 Å². The van der Waals surface area contributed by atoms with E-state index < -0.39 is 188 Å². The van der Waals surface area contributed by atoms with Crippen LogP contribution in [0.2, 0.25) is 0 Å². The highest BCUT2D eigenvalue weighted by atomic mass is 16.7. The third-order valence-corrected chi connectivity index (χ3v) is 17.4. The van der Waals surface area contributed by atoms with Gasteiger partial charge in [-0.2, -0.15) is 0 Å². The summed E-state index contributed by atoms with van der Waals surface area (Å²) in [5.74, 6) is -5.33. The number of methoxy groups -OCH3 is 1. The monoisotopic (exact) mass is 1240 g/mol. The molecule has 8 rings (SSSR count). The molecule has 27 nitrogen and oxygen atoms in total. The van der Waals surface area contributed by atoms with Crippen LogP contribution in [0.1, 0.15) is 128 Å². The maximum absolute atomic E-state index is 15.1. The standard InChI is InChI=1S/C60H86O27/c1-11-76-39(62)14-12-13-15-40(63)82-35-19-42(78-26(4)50(35)66)84-36-20-41(77-27(5)51(36)67)83-34-18-32-16-31-17-33(57(75-10)56(72)49(65)25(3)61)58(55(71)47(31)54(70)46(32)48(64)24(34)2)87-44-22-37(52(68)29(7)80-44)85-43-21-38(53(69)28(6)79-43)86-45-23-60(9,74)59(73)30(8)81-45/h11,16,18,25-30,33,35-38,41-45,49-53,57-59,61,64-70,73-74H,1,12-15,17,19-23H2,2-10H3/t25-,26?,27?,28?,29?,30?,33+,35-,36-,37-,38-,41+,42+,43+,44+,45+,49+,50-,51-,52-,53+,57+,58+,59-,60+/m1/s1. The Balaban J connectivity index is 0.997. The molecule has 0 aromatic heterocycles. The van der Waals surface area contributed by atoms with E-state index in [0.29, 0.717) is 12.8 Å². The van der Waals surface area contributed by atoms with E-state index >= 15 is 4.79 Å². The van der Waals surface area contributed by atoms with Crippen LogP contribution in [0.15, 0.2) is 25.0 Å². The number of aliphatic hydroxyl groups is 8. The van der Waals surface area contributed by atoms with Crippen molar-refractivity contribution in [3.05, 3.63) is 41.7 Å². The van der Waals surface area contributed by atoms with Gasteiger partial charge in [-0.1, -0.05) is 6.58 Å². The Kier molecular flexibility index (Phi) is 22.5. The number of carbonyl (C=O) groups is 4. The molecule has 5 fully saturated rings. The molecule has 27 heteroatoms. The van der Waals surface area contributed by atoms with Gasteiger partial charge in [0.25, 0.3) is 0 Å². The lowest BCUT2D eigenvalue weighted by Crippen LogP contribution is -2.58. The molecule has 6 aliphatic rings. The Morgan fingerprint density at radius 1 is 0.701 bits per heavy atom. The number of unbranched alkanes of at least 4 members (excludes halogenated alkanes) is 1. The fourth-order valence-corrected chi connectivity index (χ4v) is 12.4. The molecule has 488 valence electrons. The number of hydrogen-bond donors (Lipinski definition) is 10. The van der Waals surface area contributed by atoms with E-state index in [4.69, 9.17) is 61.6 Å². The average molecular weight is 1240 g/mol. The zero-order chi connectivity index (χ0) is 63.7. The van der Waals surface area contributed by atoms with Gasteiger partial charge in [-0.05, 0) is 97.7 Å². The first-order valence-corrected chi connectivity index (χ1v) is 29.7. The number of aliphatic hydroxyl groups excluding tert-OH is 7. The van der Waals surface area contributed by atoms with Crippen molar-refractivity contribution in [3.8, 4) is 17.2 Å². The van der Waals surface area contributed by atoms with Crippen molar-refractivity contribution in [2.24, 2.45) is 5.92 Å². The molecule has 0 saturated carbocycles. The number of hydrogen-bond acceptors (Lipinski definition) is 27. The fraction of sp³-hybridized carbons (Fsp3) is 0.733. The lowest BCUT2D eigenvalue weighted by molar-refractivity contribution is -0.334. The number of ether oxygens (including phenoxy) is 13. The van der Waals surface area contributed by atoms with Gasteiger partial charge in [-0.25, -0.2) is 0 Å². The van der Waals surface area contributed by atoms with Gasteiger partial charge in [0.05, 0.1) is 77.7 Å². The lowest BCUT2D eigenvalue weighted by Gasteiger charge is -2.46. The number of fused-ring (bicyclic) bond motifs is 2. The molecule has 0 bridgehead atoms. The van der Waals surface area contributed by atoms with Crippen LogP contribution < -0.4 is 4.74 Å². The molecule has 1 aliphatic carbocycles. The van der Waals surface area contributed by atoms with Gasteiger partial charge in [-0.3, -0.25) is 19.2 Å². The summed E-state index contributed by atoms with van der Waals surface area (Å²) in [4.78, 5) is 53.5. The first-order valence-electron chi connectivity index (χ1n) is 29.7. The molecule has 0 spiro atoms. The van der Waals surface area contributed by atoms with Crippen molar-refractivity contribution in [1.29, 1.82) is 0 Å². The van der Waals surface area contributed by atoms with E-state index in [-0.39, 0.29) is 84.6 Å². The van der Waals surface area contributed by atoms with Crippen LogP contribution in [-0.4, -0.2) is 229 Å². The summed E-state index contributed by atoms with van der Waals surface area (Å²) in [6.07, 6.45) is -26.3. The van der Waals surface area contributed by atoms with Crippen molar-refractivity contribution in [3.63, 3.8) is 0 Å². The normalized spacial score (nSPS) is 38.4. The van der Waals surface area contributed by atoms with Crippen molar-refractivity contribution in [2.75, 3.05) is 7.11 Å². The van der Waals surface area contributed by atoms with Crippen LogP contribution in [0.3, 0.4) is 0 Å². The number of aromatic hydroxyl groups is 2. The summed E-state index contributed by atoms with van der Waals surface area (Å²) in [5, 5.41) is 111. The largest absolute Gasteiger partial charge is 0.507 e. The SMILES string of the molecule is C=COC(=O)CCCCC(=O)O[C@@H]1C[C@H](O[C@@H]2C[C@H](Oc3cc4cc5c(c(O)c4c(O)c3C)C(=O)[C@@H](O[C@H]3C[C@@H](O[C@H]4C[C@@H](O[C@H]6C[C@](C)(O)[C@H](O)C(C)O6)[C@@H](O)C(C)O4)[C@H](O)C(C)O3)[C@H]([C@H](OC)C(=O)[C@@H](O)[C@@H](C)O)C5)OC(C)[C@H]2O)OC(C)[C@H]1O. The molecule has 87 heavy (non-hydrogen) atoms. The van der Waals surface area contributed by atoms with Gasteiger partial charge in [0.1, 0.15) is 72.2 Å². The van der Waals surface area contributed by atoms with Crippen LogP contribution in [0, 0.1) is 12.8 Å². The molecule has 0 amide bonds. The van der Waals surface area contributed by atoms with Crippen molar-refractivity contribution < 1.29 is 132 Å². The third kappa shape index (κ3) is 15.4. The Morgan fingerprint density at radius 2 is 1.18 bits per heavy atom. The summed E-state index contributed by atoms with van der Waals surface area (Å²) in [6.45, 7) is 15.3. The summed E-state index contributed by atoms with van der Waals surface area (Å²) >= 11 is 0. The zero-order valence-corrected chi connectivity index (χ0v) is 50.3. The summed E-state index contributed by atoms with van der Waals surface area (Å²) < 4.78 is 77.5. The molecule has 5 saturated heterocycles. The molecule has 2 aromatic rings. The molecule has 5 aliphatic heterocycles. The molecular weight excluding hydrogens is 1150 g/mol. The second-order valence-corrected chi connectivity index (χ2v) is 24.0. The number of phenolic OH excluding ortho intramolecular Hbond substituents is 2. The highest BCUT2D eigenvalue weighted by molar-refractivity contribution is 6.11. The topological polar surface area (TPSA) is 391 Å². The minimum Gasteiger partial charge on any atom is -0.507 e. The highest BCUT2D eigenvalue weighted by Gasteiger charge is 2.52. The van der Waals surface area contributed by atoms with E-state index in [1.54, 1.807) is 27.7 Å². The van der Waals surface area contributed by atoms with Crippen LogP contribution in [0.5, 0.6) is 17.2 Å². The maximum Gasteiger partial charge on any atom is 0.310 e. The number of phenols is 2. The quantitative estimate of drug-likeness (QED) is 0.0454. The van der Waals surface area contributed by atoms with Gasteiger partial charge >= 0.3 is 11.9 Å². The average Bonchev–Trinajstić information content (AvgIpc) is 0.770. The van der Waals surface area contributed by atoms with E-state index in [2.05, 4.69) is 6.58 Å². The summed E-state index contributed by atoms with van der Waals surface area (Å²) in [5.41, 5.74) is -1.57. The second-order valence-electron chi connectivity index (χ2n) is 24.0. The number of carbonyl (C=O) groups excluding carboxylic acids is 4. The molecule has 5 unspecified atom stereocenters. The van der Waals surface area contributed by atoms with E-state index in [0.717, 1.165) is 6.26 Å².